The number of nitrogens with zero attached hydrogens (tertiary/aromatic N) is 1. The smallest absolute Gasteiger partial charge is 0.175 e. The van der Waals surface area contributed by atoms with Gasteiger partial charge in [-0.05, 0) is 24.1 Å². The maximum absolute atomic E-state index is 13.7. The molecular formula is C12H12ClFN2O. The SMILES string of the molecule is CC(C)c1c(N)noc1-c1cc(Cl)ccc1F. The van der Waals surface area contributed by atoms with E-state index >= 15 is 0 Å². The number of nitrogen functional groups attached to an aromatic ring is 1. The molecule has 0 atom stereocenters. The lowest BCUT2D eigenvalue weighted by Gasteiger charge is -2.06. The first-order valence-corrected chi connectivity index (χ1v) is 5.59. The fourth-order valence-corrected chi connectivity index (χ4v) is 1.91. The molecule has 1 aromatic carbocycles. The lowest BCUT2D eigenvalue weighted by molar-refractivity contribution is 0.432. The number of aromatic nitrogens is 1. The normalized spacial score (nSPS) is 11.1. The fourth-order valence-electron chi connectivity index (χ4n) is 1.73. The lowest BCUT2D eigenvalue weighted by atomic mass is 9.99. The molecule has 0 aliphatic rings. The minimum Gasteiger partial charge on any atom is -0.381 e. The molecule has 0 radical (unpaired) electrons. The van der Waals surface area contributed by atoms with Gasteiger partial charge in [0.1, 0.15) is 5.82 Å². The Kier molecular flexibility index (Phi) is 3.07. The summed E-state index contributed by atoms with van der Waals surface area (Å²) in [5, 5.41) is 4.11. The highest BCUT2D eigenvalue weighted by atomic mass is 35.5. The van der Waals surface area contributed by atoms with Crippen molar-refractivity contribution < 1.29 is 8.91 Å². The van der Waals surface area contributed by atoms with Crippen molar-refractivity contribution in [3.05, 3.63) is 34.6 Å². The monoisotopic (exact) mass is 254 g/mol. The Morgan fingerprint density at radius 2 is 2.12 bits per heavy atom. The van der Waals surface area contributed by atoms with Gasteiger partial charge in [-0.15, -0.1) is 0 Å². The van der Waals surface area contributed by atoms with Gasteiger partial charge in [-0.25, -0.2) is 4.39 Å². The Morgan fingerprint density at radius 1 is 1.41 bits per heavy atom. The minimum absolute atomic E-state index is 0.0923. The molecule has 17 heavy (non-hydrogen) atoms. The molecule has 0 fully saturated rings. The Labute approximate surface area is 103 Å². The molecule has 0 bridgehead atoms. The molecule has 0 amide bonds. The number of hydrogen-bond donors (Lipinski definition) is 1. The van der Waals surface area contributed by atoms with Crippen molar-refractivity contribution in [2.24, 2.45) is 0 Å². The largest absolute Gasteiger partial charge is 0.381 e. The van der Waals surface area contributed by atoms with Crippen LogP contribution < -0.4 is 5.73 Å². The van der Waals surface area contributed by atoms with E-state index in [0.717, 1.165) is 0 Å². The van der Waals surface area contributed by atoms with Crippen LogP contribution in [-0.2, 0) is 0 Å². The van der Waals surface area contributed by atoms with Crippen molar-refractivity contribution in [1.82, 2.24) is 5.16 Å². The van der Waals surface area contributed by atoms with Gasteiger partial charge in [-0.1, -0.05) is 30.6 Å². The van der Waals surface area contributed by atoms with E-state index in [1.807, 2.05) is 13.8 Å². The maximum atomic E-state index is 13.7. The predicted octanol–water partition coefficient (Wildman–Crippen LogP) is 3.84. The third-order valence-corrected chi connectivity index (χ3v) is 2.74. The van der Waals surface area contributed by atoms with Crippen molar-refractivity contribution in [2.45, 2.75) is 19.8 Å². The molecule has 5 heteroatoms. The van der Waals surface area contributed by atoms with Gasteiger partial charge < -0.3 is 10.3 Å². The zero-order chi connectivity index (χ0) is 12.6. The summed E-state index contributed by atoms with van der Waals surface area (Å²) < 4.78 is 18.8. The Hall–Kier alpha value is -1.55. The van der Waals surface area contributed by atoms with E-state index in [2.05, 4.69) is 5.16 Å². The van der Waals surface area contributed by atoms with Gasteiger partial charge in [0.2, 0.25) is 0 Å². The minimum atomic E-state index is -0.410. The van der Waals surface area contributed by atoms with Crippen LogP contribution in [0.3, 0.4) is 0 Å². The lowest BCUT2D eigenvalue weighted by Crippen LogP contribution is -1.96. The van der Waals surface area contributed by atoms with Crippen LogP contribution in [0.4, 0.5) is 10.2 Å². The van der Waals surface area contributed by atoms with Gasteiger partial charge in [0, 0.05) is 10.6 Å². The summed E-state index contributed by atoms with van der Waals surface area (Å²) in [4.78, 5) is 0. The topological polar surface area (TPSA) is 52.0 Å². The average molecular weight is 255 g/mol. The number of anilines is 1. The number of benzene rings is 1. The quantitative estimate of drug-likeness (QED) is 0.886. The zero-order valence-electron chi connectivity index (χ0n) is 9.50. The second-order valence-electron chi connectivity index (χ2n) is 4.09. The van der Waals surface area contributed by atoms with Crippen molar-refractivity contribution in [2.75, 3.05) is 5.73 Å². The van der Waals surface area contributed by atoms with Crippen LogP contribution in [0.1, 0.15) is 25.3 Å². The number of nitrogens with two attached hydrogens (primary N) is 1. The van der Waals surface area contributed by atoms with Crippen LogP contribution in [0.5, 0.6) is 0 Å². The second-order valence-corrected chi connectivity index (χ2v) is 4.53. The van der Waals surface area contributed by atoms with E-state index in [1.54, 1.807) is 0 Å². The summed E-state index contributed by atoms with van der Waals surface area (Å²) in [6.45, 7) is 3.88. The van der Waals surface area contributed by atoms with E-state index in [1.165, 1.54) is 18.2 Å². The second kappa shape index (κ2) is 4.37. The number of hydrogen-bond acceptors (Lipinski definition) is 3. The zero-order valence-corrected chi connectivity index (χ0v) is 10.3. The van der Waals surface area contributed by atoms with Gasteiger partial charge >= 0.3 is 0 Å². The summed E-state index contributed by atoms with van der Waals surface area (Å²) in [6.07, 6.45) is 0. The Balaban J connectivity index is 2.64. The molecule has 1 heterocycles. The number of halogens is 2. The van der Waals surface area contributed by atoms with Gasteiger partial charge in [-0.3, -0.25) is 0 Å². The summed E-state index contributed by atoms with van der Waals surface area (Å²) in [6, 6.07) is 4.28. The molecule has 0 unspecified atom stereocenters. The van der Waals surface area contributed by atoms with E-state index in [-0.39, 0.29) is 17.3 Å². The van der Waals surface area contributed by atoms with Crippen LogP contribution >= 0.6 is 11.6 Å². The summed E-state index contributed by atoms with van der Waals surface area (Å²) >= 11 is 5.85. The average Bonchev–Trinajstić information content (AvgIpc) is 2.64. The van der Waals surface area contributed by atoms with E-state index in [0.29, 0.717) is 16.3 Å². The first-order valence-electron chi connectivity index (χ1n) is 5.21. The van der Waals surface area contributed by atoms with Crippen molar-refractivity contribution in [1.29, 1.82) is 0 Å². The van der Waals surface area contributed by atoms with E-state index in [4.69, 9.17) is 21.9 Å². The van der Waals surface area contributed by atoms with E-state index in [9.17, 15) is 4.39 Å². The molecule has 0 aliphatic carbocycles. The fraction of sp³-hybridized carbons (Fsp3) is 0.250. The van der Waals surface area contributed by atoms with Crippen molar-refractivity contribution >= 4 is 17.4 Å². The third kappa shape index (κ3) is 2.13. The summed E-state index contributed by atoms with van der Waals surface area (Å²) in [7, 11) is 0. The standard InChI is InChI=1S/C12H12ClFN2O/c1-6(2)10-11(17-16-12(10)15)8-5-7(13)3-4-9(8)14/h3-6H,1-2H3,(H2,15,16). The molecule has 0 saturated heterocycles. The van der Waals surface area contributed by atoms with Gasteiger partial charge in [0.05, 0.1) is 5.56 Å². The first kappa shape index (κ1) is 11.9. The molecule has 0 aliphatic heterocycles. The molecule has 2 rings (SSSR count). The molecule has 0 spiro atoms. The van der Waals surface area contributed by atoms with Crippen LogP contribution in [0.2, 0.25) is 5.02 Å². The highest BCUT2D eigenvalue weighted by molar-refractivity contribution is 6.30. The van der Waals surface area contributed by atoms with Gasteiger partial charge in [0.15, 0.2) is 11.6 Å². The van der Waals surface area contributed by atoms with E-state index < -0.39 is 5.82 Å². The Bertz CT molecular complexity index is 551. The van der Waals surface area contributed by atoms with Crippen LogP contribution in [0.15, 0.2) is 22.7 Å². The molecule has 2 N–H and O–H groups in total. The van der Waals surface area contributed by atoms with Crippen LogP contribution in [0, 0.1) is 5.82 Å². The molecule has 3 nitrogen and oxygen atoms in total. The summed E-state index contributed by atoms with van der Waals surface area (Å²) in [5.74, 6) is 0.314. The van der Waals surface area contributed by atoms with Gasteiger partial charge in [0.25, 0.3) is 0 Å². The van der Waals surface area contributed by atoms with Crippen LogP contribution in [-0.4, -0.2) is 5.16 Å². The summed E-state index contributed by atoms with van der Waals surface area (Å²) in [5.41, 5.74) is 6.69. The molecule has 0 saturated carbocycles. The molecule has 1 aromatic heterocycles. The molecule has 2 aromatic rings. The van der Waals surface area contributed by atoms with Crippen molar-refractivity contribution in [3.63, 3.8) is 0 Å². The predicted molar refractivity (Wildman–Crippen MR) is 65.4 cm³/mol. The highest BCUT2D eigenvalue weighted by Crippen LogP contribution is 2.35. The van der Waals surface area contributed by atoms with Crippen molar-refractivity contribution in [3.8, 4) is 11.3 Å². The molecule has 90 valence electrons. The first-order chi connectivity index (χ1) is 8.00. The van der Waals surface area contributed by atoms with Gasteiger partial charge in [-0.2, -0.15) is 0 Å². The van der Waals surface area contributed by atoms with Crippen LogP contribution in [0.25, 0.3) is 11.3 Å². The third-order valence-electron chi connectivity index (χ3n) is 2.51. The maximum Gasteiger partial charge on any atom is 0.175 e. The highest BCUT2D eigenvalue weighted by Gasteiger charge is 2.21. The molecular weight excluding hydrogens is 243 g/mol. The Morgan fingerprint density at radius 3 is 2.76 bits per heavy atom. The number of rotatable bonds is 2.